The molecule has 3 aliphatic heterocycles. The van der Waals surface area contributed by atoms with E-state index in [1.807, 2.05) is 99.0 Å². The smallest absolute Gasteiger partial charge is 0.276 e. The first kappa shape index (κ1) is 105. The summed E-state index contributed by atoms with van der Waals surface area (Å²) >= 11 is 50.4. The highest BCUT2D eigenvalue weighted by Gasteiger charge is 2.43. The molecule has 0 saturated carbocycles. The lowest BCUT2D eigenvalue weighted by Gasteiger charge is -2.45. The lowest BCUT2D eigenvalue weighted by atomic mass is 10.0. The summed E-state index contributed by atoms with van der Waals surface area (Å²) in [6, 6.07) is 13.2. The number of piperazine rings is 3. The molecule has 12 heterocycles. The number of fused-ring (bicyclic) bond motifs is 3. The van der Waals surface area contributed by atoms with Crippen molar-refractivity contribution in [2.75, 3.05) is 54.0 Å². The minimum Gasteiger partial charge on any atom is -0.504 e. The summed E-state index contributed by atoms with van der Waals surface area (Å²) in [5, 5.41) is 58.0. The fraction of sp³-hybridized carbons (Fsp3) is 0.303. The van der Waals surface area contributed by atoms with E-state index in [0.29, 0.717) is 45.1 Å². The Morgan fingerprint density at radius 1 is 0.383 bits per heavy atom. The number of carbonyl (C=O) groups is 3. The second kappa shape index (κ2) is 41.2. The minimum absolute atomic E-state index is 0.0401. The van der Waals surface area contributed by atoms with Crippen LogP contribution in [-0.4, -0.2) is 167 Å². The summed E-state index contributed by atoms with van der Waals surface area (Å²) in [5.74, 6) is -16.4. The molecule has 6 atom stereocenters. The maximum atomic E-state index is 15.5. The van der Waals surface area contributed by atoms with Crippen LogP contribution in [0.3, 0.4) is 0 Å². The van der Waals surface area contributed by atoms with Crippen molar-refractivity contribution in [2.24, 2.45) is 0 Å². The number of benzene rings is 3. The molecular weight excluding hydrogens is 2000 g/mol. The molecule has 3 amide bonds. The van der Waals surface area contributed by atoms with E-state index < -0.39 is 122 Å². The van der Waals surface area contributed by atoms with Crippen molar-refractivity contribution < 1.29 is 60.4 Å². The van der Waals surface area contributed by atoms with Crippen molar-refractivity contribution in [1.82, 2.24) is 58.3 Å². The molecule has 27 nitrogen and oxygen atoms in total. The number of carbonyl (C=O) groups excluding carboxylic acids is 3. The van der Waals surface area contributed by atoms with Gasteiger partial charge in [0.2, 0.25) is 17.7 Å². The zero-order valence-electron chi connectivity index (χ0n) is 78.0. The van der Waals surface area contributed by atoms with E-state index in [9.17, 15) is 73.0 Å². The number of phenolic OH excluding ortho intramolecular Hbond substituents is 3. The monoisotopic (exact) mass is 2080 g/mol. The molecule has 15 rings (SSSR count). The van der Waals surface area contributed by atoms with Gasteiger partial charge in [-0.1, -0.05) is 154 Å². The van der Waals surface area contributed by atoms with Gasteiger partial charge in [0.25, 0.3) is 16.7 Å². The first-order chi connectivity index (χ1) is 66.5. The second-order valence-electron chi connectivity index (χ2n) is 35.1. The quantitative estimate of drug-likeness (QED) is 0.0371. The van der Waals surface area contributed by atoms with Gasteiger partial charge in [0.15, 0.2) is 58.0 Å². The number of rotatable bonds is 15. The average molecular weight is 2090 g/mol. The maximum absolute atomic E-state index is 15.5. The lowest BCUT2D eigenvalue weighted by Crippen LogP contribution is -2.58. The molecular formula is C99H87Cl8F7N18O9. The summed E-state index contributed by atoms with van der Waals surface area (Å²) in [6.07, 6.45) is 8.44. The van der Waals surface area contributed by atoms with Crippen LogP contribution in [0.25, 0.3) is 83.9 Å². The number of aromatic hydroxyl groups is 3. The molecule has 12 aromatic rings. The van der Waals surface area contributed by atoms with Crippen LogP contribution in [0.4, 0.5) is 47.8 Å². The van der Waals surface area contributed by atoms with E-state index in [-0.39, 0.29) is 210 Å². The van der Waals surface area contributed by atoms with Crippen molar-refractivity contribution in [3.63, 3.8) is 0 Å². The average Bonchev–Trinajstić information content (AvgIpc) is 0.725. The first-order valence-electron chi connectivity index (χ1n) is 43.7. The lowest BCUT2D eigenvalue weighted by molar-refractivity contribution is -0.131. The number of halogens is 15. The molecule has 3 fully saturated rings. The van der Waals surface area contributed by atoms with Crippen LogP contribution in [0, 0.1) is 95.5 Å². The van der Waals surface area contributed by atoms with E-state index in [1.54, 1.807) is 77.2 Å². The fourth-order valence-electron chi connectivity index (χ4n) is 18.7. The molecule has 0 radical (unpaired) electrons. The van der Waals surface area contributed by atoms with Crippen molar-refractivity contribution in [3.05, 3.63) is 255 Å². The summed E-state index contributed by atoms with van der Waals surface area (Å²) in [5.41, 5.74) is -1.84. The molecule has 0 aliphatic carbocycles. The van der Waals surface area contributed by atoms with Gasteiger partial charge in [0.05, 0.1) is 120 Å². The van der Waals surface area contributed by atoms with Gasteiger partial charge in [0, 0.05) is 110 Å². The Labute approximate surface area is 842 Å². The molecule has 732 valence electrons. The standard InChI is InChI=1S/2C33H29Cl3F2N6O3.C33H29Cl2F3N6O3/c2*1-7-21(45)43-16(5)12-42(13-17(43)6)30-18-10-20(34)28(22-23(35)24(36)26(38)31(46)25(22)37)41-32(18)44(33(47)19(30)11-39)29-15(4)8-9-40-27(29)14(2)3;1-7-21(45)43-16(5)12-42(13-17(43)6)30-18-10-20(34)28(22-24(36)26(38)23(35)31(46)25(22)37)41-32(18)44(33(47)19(30)11-39)29-15(4)8-9-40-27(29)14(2)3/h3*7-10,14,16-17,46H,1,12-13H2,2-6H3/t3*16-,17+. The summed E-state index contributed by atoms with van der Waals surface area (Å²) in [7, 11) is 0. The fourth-order valence-corrected chi connectivity index (χ4v) is 20.5. The van der Waals surface area contributed by atoms with Gasteiger partial charge in [-0.2, -0.15) is 15.8 Å². The van der Waals surface area contributed by atoms with E-state index in [2.05, 4.69) is 61.8 Å². The van der Waals surface area contributed by atoms with Crippen molar-refractivity contribution in [1.29, 1.82) is 15.8 Å². The van der Waals surface area contributed by atoms with Crippen molar-refractivity contribution >= 4 is 161 Å². The molecule has 3 N–H and O–H groups in total. The Morgan fingerprint density at radius 3 is 0.872 bits per heavy atom. The second-order valence-corrected chi connectivity index (χ2v) is 38.3. The largest absolute Gasteiger partial charge is 0.504 e. The first-order valence-corrected chi connectivity index (χ1v) is 46.7. The van der Waals surface area contributed by atoms with Crippen LogP contribution in [-0.2, 0) is 14.4 Å². The van der Waals surface area contributed by atoms with E-state index in [4.69, 9.17) is 92.8 Å². The van der Waals surface area contributed by atoms with Gasteiger partial charge in [0.1, 0.15) is 56.9 Å². The van der Waals surface area contributed by atoms with Gasteiger partial charge in [-0.3, -0.25) is 57.4 Å². The third kappa shape index (κ3) is 18.3. The molecule has 0 spiro atoms. The molecule has 3 aromatic carbocycles. The van der Waals surface area contributed by atoms with Crippen LogP contribution in [0.15, 0.2) is 107 Å². The highest BCUT2D eigenvalue weighted by Crippen LogP contribution is 2.51. The highest BCUT2D eigenvalue weighted by molar-refractivity contribution is 6.45. The normalized spacial score (nSPS) is 16.6. The Balaban J connectivity index is 0.000000178. The van der Waals surface area contributed by atoms with Gasteiger partial charge < -0.3 is 44.7 Å². The van der Waals surface area contributed by atoms with Gasteiger partial charge in [-0.05, 0) is 151 Å². The van der Waals surface area contributed by atoms with Gasteiger partial charge in [-0.15, -0.1) is 0 Å². The van der Waals surface area contributed by atoms with Crippen LogP contribution in [0.1, 0.15) is 151 Å². The van der Waals surface area contributed by atoms with Crippen LogP contribution < -0.4 is 31.4 Å². The number of nitrogens with zero attached hydrogens (tertiary/aromatic N) is 18. The molecule has 42 heteroatoms. The van der Waals surface area contributed by atoms with E-state index in [0.717, 1.165) is 4.57 Å². The number of aromatic nitrogens is 9. The third-order valence-corrected chi connectivity index (χ3v) is 27.6. The Kier molecular flexibility index (Phi) is 30.8. The molecule has 0 bridgehead atoms. The summed E-state index contributed by atoms with van der Waals surface area (Å²) in [6.45, 7) is 39.6. The Morgan fingerprint density at radius 2 is 0.631 bits per heavy atom. The number of nitriles is 3. The Bertz CT molecular complexity index is 6870. The molecule has 3 saturated heterocycles. The number of hydrogen-bond acceptors (Lipinski definition) is 21. The summed E-state index contributed by atoms with van der Waals surface area (Å²) < 4.78 is 109. The Hall–Kier alpha value is -13.1. The van der Waals surface area contributed by atoms with Crippen LogP contribution >= 0.6 is 92.8 Å². The van der Waals surface area contributed by atoms with Crippen LogP contribution in [0.5, 0.6) is 17.2 Å². The third-order valence-electron chi connectivity index (χ3n) is 24.8. The number of phenols is 3. The van der Waals surface area contributed by atoms with Crippen molar-refractivity contribution in [3.8, 4) is 86.3 Å². The minimum atomic E-state index is -1.76. The topological polar surface area (TPSA) is 346 Å². The predicted octanol–water partition coefficient (Wildman–Crippen LogP) is 21.4. The van der Waals surface area contributed by atoms with Crippen molar-refractivity contribution in [2.45, 2.75) is 158 Å². The zero-order valence-corrected chi connectivity index (χ0v) is 84.0. The van der Waals surface area contributed by atoms with Crippen LogP contribution in [0.2, 0.25) is 40.2 Å². The number of pyridine rings is 9. The number of amides is 3. The van der Waals surface area contributed by atoms with E-state index in [1.165, 1.54) is 45.6 Å². The molecule has 9 aromatic heterocycles. The number of aryl methyl sites for hydroxylation is 3. The molecule has 0 unspecified atom stereocenters. The number of anilines is 3. The predicted molar refractivity (Wildman–Crippen MR) is 532 cm³/mol. The van der Waals surface area contributed by atoms with Gasteiger partial charge >= 0.3 is 0 Å². The highest BCUT2D eigenvalue weighted by atomic mass is 35.5. The summed E-state index contributed by atoms with van der Waals surface area (Å²) in [4.78, 5) is 119. The zero-order chi connectivity index (χ0) is 104. The van der Waals surface area contributed by atoms with E-state index >= 15 is 17.6 Å². The number of hydrogen-bond donors (Lipinski definition) is 3. The molecule has 3 aliphatic rings. The SMILES string of the molecule is C=CC(=O)N1[C@H](C)CN(c2c(C#N)c(=O)n(-c3c(C)ccnc3C(C)C)c3nc(-c4c(F)c(O)c(Cl)c(F)c4F)c(Cl)cc23)C[C@@H]1C.C=CC(=O)N1[C@H](C)CN(c2c(C#N)c(=O)n(-c3c(C)ccnc3C(C)C)c3nc(-c4c(F)c(O)c(F)c(Cl)c4Cl)c(Cl)cc23)C[C@@H]1C.C=CC(=O)N1[C@H](C)CN(c2c(C#N)c(=O)n(-c3c(C)ccnc3C(C)C)c3nc(-c4c(F)c(O)c(F)c(Cl)c4Cl)c(Cl)cc23)C[C@@H]1C. The molecule has 141 heavy (non-hydrogen) atoms. The maximum Gasteiger partial charge on any atom is 0.276 e. The van der Waals surface area contributed by atoms with Gasteiger partial charge in [-0.25, -0.2) is 45.7 Å².